The summed E-state index contributed by atoms with van der Waals surface area (Å²) < 4.78 is 22.5. The predicted molar refractivity (Wildman–Crippen MR) is 71.8 cm³/mol. The van der Waals surface area contributed by atoms with Gasteiger partial charge in [0.2, 0.25) is 0 Å². The van der Waals surface area contributed by atoms with E-state index in [1.165, 1.54) is 11.0 Å². The van der Waals surface area contributed by atoms with Crippen LogP contribution in [0.3, 0.4) is 0 Å². The smallest absolute Gasteiger partial charge is 0.317 e. The van der Waals surface area contributed by atoms with Gasteiger partial charge in [0.1, 0.15) is 0 Å². The predicted octanol–water partition coefficient (Wildman–Crippen LogP) is 0.193. The molecule has 0 spiro atoms. The molecule has 0 aromatic heterocycles. The van der Waals surface area contributed by atoms with Gasteiger partial charge in [0, 0.05) is 18.5 Å². The van der Waals surface area contributed by atoms with Crippen LogP contribution in [0.5, 0.6) is 0 Å². The second kappa shape index (κ2) is 5.08. The Bertz CT molecular complexity index is 546. The zero-order valence-electron chi connectivity index (χ0n) is 11.2. The fraction of sp³-hybridized carbons (Fsp3) is 0.667. The van der Waals surface area contributed by atoms with Gasteiger partial charge >= 0.3 is 12.0 Å². The summed E-state index contributed by atoms with van der Waals surface area (Å²) in [5, 5.41) is 12.9. The summed E-state index contributed by atoms with van der Waals surface area (Å²) in [6, 6.07) is -0.843. The maximum Gasteiger partial charge on any atom is 0.317 e. The van der Waals surface area contributed by atoms with E-state index in [1.807, 2.05) is 0 Å². The molecule has 2 rings (SSSR count). The number of sulfone groups is 1. The SMILES string of the molecule is CC1(C(=O)O)CCN(C(=O)NC2C=CS(=O)(=O)C2)CC1. The van der Waals surface area contributed by atoms with Crippen LogP contribution < -0.4 is 5.32 Å². The third kappa shape index (κ3) is 3.12. The Kier molecular flexibility index (Phi) is 3.77. The fourth-order valence-electron chi connectivity index (χ4n) is 2.33. The van der Waals surface area contributed by atoms with Gasteiger partial charge in [-0.3, -0.25) is 4.79 Å². The number of nitrogens with one attached hydrogen (secondary N) is 1. The number of carboxylic acid groups (broad SMARTS) is 1. The number of rotatable bonds is 2. The maximum absolute atomic E-state index is 12.0. The first-order valence-electron chi connectivity index (χ1n) is 6.42. The Morgan fingerprint density at radius 3 is 2.40 bits per heavy atom. The standard InChI is InChI=1S/C12H18N2O5S/c1-12(10(15)16)3-5-14(6-4-12)11(17)13-9-2-7-20(18,19)8-9/h2,7,9H,3-6,8H2,1H3,(H,13,17)(H,15,16). The van der Waals surface area contributed by atoms with E-state index in [2.05, 4.69) is 5.32 Å². The number of amides is 2. The number of likely N-dealkylation sites (tertiary alicyclic amines) is 1. The van der Waals surface area contributed by atoms with Gasteiger partial charge < -0.3 is 15.3 Å². The lowest BCUT2D eigenvalue weighted by molar-refractivity contribution is -0.150. The van der Waals surface area contributed by atoms with Crippen molar-refractivity contribution >= 4 is 21.8 Å². The average molecular weight is 302 g/mol. The first-order valence-corrected chi connectivity index (χ1v) is 8.13. The van der Waals surface area contributed by atoms with Crippen molar-refractivity contribution < 1.29 is 23.1 Å². The number of urea groups is 1. The lowest BCUT2D eigenvalue weighted by Crippen LogP contribution is -2.51. The van der Waals surface area contributed by atoms with Crippen molar-refractivity contribution in [2.24, 2.45) is 5.41 Å². The van der Waals surface area contributed by atoms with Crippen molar-refractivity contribution in [3.63, 3.8) is 0 Å². The number of aliphatic carboxylic acids is 1. The summed E-state index contributed by atoms with van der Waals surface area (Å²) in [6.07, 6.45) is 2.25. The Balaban J connectivity index is 1.87. The molecule has 0 aliphatic carbocycles. The van der Waals surface area contributed by atoms with Crippen LogP contribution in [0.15, 0.2) is 11.5 Å². The topological polar surface area (TPSA) is 104 Å². The molecule has 0 aromatic rings. The summed E-state index contributed by atoms with van der Waals surface area (Å²) in [7, 11) is -3.19. The molecule has 0 saturated carbocycles. The van der Waals surface area contributed by atoms with E-state index in [0.717, 1.165) is 5.41 Å². The Morgan fingerprint density at radius 1 is 1.35 bits per heavy atom. The molecule has 7 nitrogen and oxygen atoms in total. The largest absolute Gasteiger partial charge is 0.481 e. The molecular weight excluding hydrogens is 284 g/mol. The van der Waals surface area contributed by atoms with Crippen LogP contribution in [0, 0.1) is 5.41 Å². The van der Waals surface area contributed by atoms with Crippen LogP contribution >= 0.6 is 0 Å². The van der Waals surface area contributed by atoms with E-state index in [9.17, 15) is 18.0 Å². The number of hydrogen-bond donors (Lipinski definition) is 2. The number of carboxylic acids is 1. The molecule has 0 aromatic carbocycles. The average Bonchev–Trinajstić information content (AvgIpc) is 2.69. The van der Waals surface area contributed by atoms with Gasteiger partial charge in [-0.1, -0.05) is 0 Å². The van der Waals surface area contributed by atoms with Gasteiger partial charge in [0.05, 0.1) is 17.2 Å². The summed E-state index contributed by atoms with van der Waals surface area (Å²) in [5.41, 5.74) is -0.784. The van der Waals surface area contributed by atoms with E-state index >= 15 is 0 Å². The van der Waals surface area contributed by atoms with Crippen LogP contribution in [0.2, 0.25) is 0 Å². The van der Waals surface area contributed by atoms with Gasteiger partial charge in [0.15, 0.2) is 9.84 Å². The van der Waals surface area contributed by atoms with Crippen molar-refractivity contribution in [1.29, 1.82) is 0 Å². The Morgan fingerprint density at radius 2 is 1.95 bits per heavy atom. The number of nitrogens with zero attached hydrogens (tertiary/aromatic N) is 1. The molecule has 20 heavy (non-hydrogen) atoms. The molecule has 112 valence electrons. The molecule has 0 radical (unpaired) electrons. The van der Waals surface area contributed by atoms with E-state index in [-0.39, 0.29) is 11.8 Å². The van der Waals surface area contributed by atoms with E-state index < -0.39 is 27.3 Å². The van der Waals surface area contributed by atoms with Gasteiger partial charge in [-0.05, 0) is 25.8 Å². The van der Waals surface area contributed by atoms with E-state index in [4.69, 9.17) is 5.11 Å². The van der Waals surface area contributed by atoms with Gasteiger partial charge in [-0.25, -0.2) is 13.2 Å². The zero-order chi connectivity index (χ0) is 15.0. The number of carbonyl (C=O) groups excluding carboxylic acids is 1. The minimum atomic E-state index is -3.19. The lowest BCUT2D eigenvalue weighted by atomic mass is 9.80. The summed E-state index contributed by atoms with van der Waals surface area (Å²) >= 11 is 0. The second-order valence-corrected chi connectivity index (χ2v) is 7.50. The monoisotopic (exact) mass is 302 g/mol. The summed E-state index contributed by atoms with van der Waals surface area (Å²) in [5.74, 6) is -0.957. The third-order valence-electron chi connectivity index (χ3n) is 3.91. The number of carbonyl (C=O) groups is 2. The van der Waals surface area contributed by atoms with Gasteiger partial charge in [-0.2, -0.15) is 0 Å². The van der Waals surface area contributed by atoms with Gasteiger partial charge in [-0.15, -0.1) is 0 Å². The summed E-state index contributed by atoms with van der Waals surface area (Å²) in [6.45, 7) is 2.40. The first kappa shape index (κ1) is 14.8. The lowest BCUT2D eigenvalue weighted by Gasteiger charge is -2.36. The summed E-state index contributed by atoms with van der Waals surface area (Å²) in [4.78, 5) is 24.6. The Labute approximate surface area is 117 Å². The highest BCUT2D eigenvalue weighted by molar-refractivity contribution is 7.94. The van der Waals surface area contributed by atoms with Crippen LogP contribution in [-0.4, -0.2) is 55.3 Å². The minimum absolute atomic E-state index is 0.112. The van der Waals surface area contributed by atoms with Crippen molar-refractivity contribution in [2.75, 3.05) is 18.8 Å². The highest BCUT2D eigenvalue weighted by atomic mass is 32.2. The van der Waals surface area contributed by atoms with E-state index in [0.29, 0.717) is 25.9 Å². The Hall–Kier alpha value is -1.57. The molecule has 1 saturated heterocycles. The van der Waals surface area contributed by atoms with Crippen LogP contribution in [-0.2, 0) is 14.6 Å². The van der Waals surface area contributed by atoms with Crippen LogP contribution in [0.1, 0.15) is 19.8 Å². The molecule has 1 atom stereocenters. The van der Waals surface area contributed by atoms with Gasteiger partial charge in [0.25, 0.3) is 0 Å². The maximum atomic E-state index is 12.0. The molecule has 1 unspecified atom stereocenters. The molecule has 8 heteroatoms. The first-order chi connectivity index (χ1) is 9.22. The second-order valence-electron chi connectivity index (χ2n) is 5.57. The van der Waals surface area contributed by atoms with Crippen molar-refractivity contribution in [3.05, 3.63) is 11.5 Å². The highest BCUT2D eigenvalue weighted by Gasteiger charge is 2.38. The minimum Gasteiger partial charge on any atom is -0.481 e. The molecule has 2 N–H and O–H groups in total. The molecule has 1 fully saturated rings. The molecule has 0 bridgehead atoms. The number of hydrogen-bond acceptors (Lipinski definition) is 4. The zero-order valence-corrected chi connectivity index (χ0v) is 12.0. The molecular formula is C12H18N2O5S. The fourth-order valence-corrected chi connectivity index (χ4v) is 3.57. The molecule has 2 aliphatic rings. The quantitative estimate of drug-likeness (QED) is 0.758. The van der Waals surface area contributed by atoms with Crippen molar-refractivity contribution in [1.82, 2.24) is 10.2 Å². The molecule has 2 heterocycles. The van der Waals surface area contributed by atoms with Crippen molar-refractivity contribution in [3.8, 4) is 0 Å². The molecule has 2 aliphatic heterocycles. The van der Waals surface area contributed by atoms with Crippen LogP contribution in [0.25, 0.3) is 0 Å². The van der Waals surface area contributed by atoms with E-state index in [1.54, 1.807) is 6.92 Å². The highest BCUT2D eigenvalue weighted by Crippen LogP contribution is 2.31. The number of piperidine rings is 1. The molecule has 2 amide bonds. The van der Waals surface area contributed by atoms with Crippen LogP contribution in [0.4, 0.5) is 4.79 Å². The van der Waals surface area contributed by atoms with Crippen molar-refractivity contribution in [2.45, 2.75) is 25.8 Å². The third-order valence-corrected chi connectivity index (χ3v) is 5.31. The normalized spacial score (nSPS) is 27.2.